The lowest BCUT2D eigenvalue weighted by Gasteiger charge is -2.19. The van der Waals surface area contributed by atoms with E-state index in [9.17, 15) is 9.18 Å². The zero-order valence-corrected chi connectivity index (χ0v) is 12.5. The maximum Gasteiger partial charge on any atom is 0.407 e. The fourth-order valence-electron chi connectivity index (χ4n) is 1.46. The fraction of sp³-hybridized carbons (Fsp3) is 0.438. The van der Waals surface area contributed by atoms with Crippen LogP contribution in [0.25, 0.3) is 0 Å². The van der Waals surface area contributed by atoms with Crippen LogP contribution in [-0.4, -0.2) is 23.3 Å². The summed E-state index contributed by atoms with van der Waals surface area (Å²) in [7, 11) is 0. The van der Waals surface area contributed by atoms with Gasteiger partial charge in [0.15, 0.2) is 0 Å². The van der Waals surface area contributed by atoms with Crippen LogP contribution < -0.4 is 5.32 Å². The molecule has 0 aromatic heterocycles. The maximum atomic E-state index is 13.4. The van der Waals surface area contributed by atoms with Gasteiger partial charge in [-0.1, -0.05) is 17.9 Å². The molecule has 0 atom stereocenters. The van der Waals surface area contributed by atoms with Crippen molar-refractivity contribution < 1.29 is 19.0 Å². The summed E-state index contributed by atoms with van der Waals surface area (Å²) in [4.78, 5) is 11.4. The number of halogens is 1. The van der Waals surface area contributed by atoms with Crippen molar-refractivity contribution in [2.75, 3.05) is 6.54 Å². The molecule has 0 heterocycles. The predicted molar refractivity (Wildman–Crippen MR) is 78.1 cm³/mol. The zero-order valence-electron chi connectivity index (χ0n) is 12.5. The van der Waals surface area contributed by atoms with Crippen LogP contribution in [0.2, 0.25) is 0 Å². The smallest absolute Gasteiger partial charge is 0.407 e. The van der Waals surface area contributed by atoms with Crippen molar-refractivity contribution >= 4 is 6.09 Å². The Balaban J connectivity index is 2.40. The molecule has 0 radical (unpaired) electrons. The van der Waals surface area contributed by atoms with Crippen LogP contribution in [0.15, 0.2) is 18.2 Å². The average molecular weight is 293 g/mol. The Kier molecular flexibility index (Phi) is 6.19. The Hall–Kier alpha value is -2.06. The first-order valence-corrected chi connectivity index (χ1v) is 6.67. The van der Waals surface area contributed by atoms with E-state index in [1.165, 1.54) is 12.1 Å². The summed E-state index contributed by atoms with van der Waals surface area (Å²) in [5.74, 6) is 5.15. The Labute approximate surface area is 124 Å². The first-order chi connectivity index (χ1) is 9.81. The highest BCUT2D eigenvalue weighted by Gasteiger charge is 2.15. The molecule has 1 rings (SSSR count). The van der Waals surface area contributed by atoms with Crippen molar-refractivity contribution in [3.63, 3.8) is 0 Å². The standard InChI is InChI=1S/C16H20FNO3/c1-16(2,3)21-15(20)18-9-5-4-6-12-7-8-13(11-19)14(17)10-12/h7-8,10,19H,5,9,11H2,1-3H3,(H,18,20). The average Bonchev–Trinajstić information content (AvgIpc) is 2.36. The second-order valence-electron chi connectivity index (χ2n) is 5.44. The molecule has 114 valence electrons. The number of carbonyl (C=O) groups is 1. The molecule has 0 fully saturated rings. The van der Waals surface area contributed by atoms with Crippen molar-refractivity contribution in [1.82, 2.24) is 5.32 Å². The third-order valence-electron chi connectivity index (χ3n) is 2.37. The van der Waals surface area contributed by atoms with Gasteiger partial charge in [0.25, 0.3) is 0 Å². The van der Waals surface area contributed by atoms with Crippen LogP contribution in [0.4, 0.5) is 9.18 Å². The van der Waals surface area contributed by atoms with Crippen molar-refractivity contribution in [2.45, 2.75) is 39.4 Å². The third-order valence-corrected chi connectivity index (χ3v) is 2.37. The van der Waals surface area contributed by atoms with Crippen LogP contribution >= 0.6 is 0 Å². The van der Waals surface area contributed by atoms with E-state index in [2.05, 4.69) is 17.2 Å². The minimum Gasteiger partial charge on any atom is -0.444 e. The third kappa shape index (κ3) is 6.77. The molecule has 0 unspecified atom stereocenters. The second kappa shape index (κ2) is 7.65. The number of carbonyl (C=O) groups excluding carboxylic acids is 1. The molecular weight excluding hydrogens is 273 g/mol. The van der Waals surface area contributed by atoms with Crippen LogP contribution in [0.3, 0.4) is 0 Å². The number of alkyl carbamates (subject to hydrolysis) is 1. The first-order valence-electron chi connectivity index (χ1n) is 6.67. The summed E-state index contributed by atoms with van der Waals surface area (Å²) >= 11 is 0. The van der Waals surface area contributed by atoms with Crippen molar-refractivity contribution in [3.05, 3.63) is 35.1 Å². The van der Waals surface area contributed by atoms with Gasteiger partial charge in [-0.25, -0.2) is 9.18 Å². The van der Waals surface area contributed by atoms with E-state index in [-0.39, 0.29) is 12.2 Å². The Morgan fingerprint density at radius 3 is 2.71 bits per heavy atom. The molecule has 5 heteroatoms. The van der Waals surface area contributed by atoms with Crippen molar-refractivity contribution in [3.8, 4) is 11.8 Å². The van der Waals surface area contributed by atoms with Gasteiger partial charge in [0, 0.05) is 24.1 Å². The SMILES string of the molecule is CC(C)(C)OC(=O)NCCC#Cc1ccc(CO)c(F)c1. The Morgan fingerprint density at radius 2 is 2.14 bits per heavy atom. The monoisotopic (exact) mass is 293 g/mol. The molecule has 0 saturated heterocycles. The number of amides is 1. The molecule has 0 aliphatic carbocycles. The minimum atomic E-state index is -0.526. The molecule has 4 nitrogen and oxygen atoms in total. The van der Waals surface area contributed by atoms with Crippen LogP contribution in [0, 0.1) is 17.7 Å². The summed E-state index contributed by atoms with van der Waals surface area (Å²) in [6.07, 6.45) is -0.0505. The largest absolute Gasteiger partial charge is 0.444 e. The fourth-order valence-corrected chi connectivity index (χ4v) is 1.46. The lowest BCUT2D eigenvalue weighted by molar-refractivity contribution is 0.0529. The highest BCUT2D eigenvalue weighted by molar-refractivity contribution is 5.67. The van der Waals surface area contributed by atoms with E-state index in [4.69, 9.17) is 9.84 Å². The highest BCUT2D eigenvalue weighted by atomic mass is 19.1. The summed E-state index contributed by atoms with van der Waals surface area (Å²) in [6.45, 7) is 5.39. The minimum absolute atomic E-state index is 0.243. The molecule has 21 heavy (non-hydrogen) atoms. The van der Waals surface area contributed by atoms with E-state index < -0.39 is 17.5 Å². The Bertz CT molecular complexity index is 553. The molecule has 1 amide bonds. The van der Waals surface area contributed by atoms with E-state index in [1.54, 1.807) is 26.8 Å². The molecule has 0 aliphatic heterocycles. The van der Waals surface area contributed by atoms with Crippen LogP contribution in [0.1, 0.15) is 38.3 Å². The Morgan fingerprint density at radius 1 is 1.43 bits per heavy atom. The zero-order chi connectivity index (χ0) is 15.9. The molecule has 1 aromatic carbocycles. The topological polar surface area (TPSA) is 58.6 Å². The van der Waals surface area contributed by atoms with Crippen LogP contribution in [0.5, 0.6) is 0 Å². The molecule has 0 bridgehead atoms. The summed E-state index contributed by atoms with van der Waals surface area (Å²) < 4.78 is 18.5. The number of aliphatic hydroxyl groups is 1. The summed E-state index contributed by atoms with van der Waals surface area (Å²) in [5, 5.41) is 11.4. The van der Waals surface area contributed by atoms with Gasteiger partial charge in [0.2, 0.25) is 0 Å². The van der Waals surface area contributed by atoms with E-state index >= 15 is 0 Å². The van der Waals surface area contributed by atoms with Crippen molar-refractivity contribution in [2.24, 2.45) is 0 Å². The van der Waals surface area contributed by atoms with Gasteiger partial charge in [-0.15, -0.1) is 0 Å². The number of aliphatic hydroxyl groups excluding tert-OH is 1. The summed E-state index contributed by atoms with van der Waals surface area (Å²) in [6, 6.07) is 4.42. The number of rotatable bonds is 3. The van der Waals surface area contributed by atoms with Crippen molar-refractivity contribution in [1.29, 1.82) is 0 Å². The van der Waals surface area contributed by atoms with Gasteiger partial charge in [-0.3, -0.25) is 0 Å². The molecule has 0 saturated carbocycles. The van der Waals surface area contributed by atoms with Gasteiger partial charge in [0.1, 0.15) is 11.4 Å². The maximum absolute atomic E-state index is 13.4. The lowest BCUT2D eigenvalue weighted by Crippen LogP contribution is -2.32. The van der Waals surface area contributed by atoms with Gasteiger partial charge in [-0.2, -0.15) is 0 Å². The summed E-state index contributed by atoms with van der Waals surface area (Å²) in [5.41, 5.74) is 0.246. The molecule has 0 aliphatic rings. The number of hydrogen-bond donors (Lipinski definition) is 2. The predicted octanol–water partition coefficient (Wildman–Crippen LogP) is 2.58. The number of nitrogens with one attached hydrogen (secondary N) is 1. The molecule has 1 aromatic rings. The van der Waals surface area contributed by atoms with E-state index in [0.717, 1.165) is 0 Å². The normalized spacial score (nSPS) is 10.5. The lowest BCUT2D eigenvalue weighted by atomic mass is 10.1. The van der Waals surface area contributed by atoms with Gasteiger partial charge in [-0.05, 0) is 32.9 Å². The number of benzene rings is 1. The quantitative estimate of drug-likeness (QED) is 0.665. The highest BCUT2D eigenvalue weighted by Crippen LogP contribution is 2.09. The van der Waals surface area contributed by atoms with Gasteiger partial charge >= 0.3 is 6.09 Å². The number of hydrogen-bond acceptors (Lipinski definition) is 3. The van der Waals surface area contributed by atoms with Gasteiger partial charge in [0.05, 0.1) is 6.61 Å². The molecular formula is C16H20FNO3. The molecule has 0 spiro atoms. The van der Waals surface area contributed by atoms with Gasteiger partial charge < -0.3 is 15.2 Å². The van der Waals surface area contributed by atoms with E-state index in [0.29, 0.717) is 18.5 Å². The molecule has 2 N–H and O–H groups in total. The van der Waals surface area contributed by atoms with Crippen LogP contribution in [-0.2, 0) is 11.3 Å². The number of ether oxygens (including phenoxy) is 1. The second-order valence-corrected chi connectivity index (χ2v) is 5.44. The van der Waals surface area contributed by atoms with E-state index in [1.807, 2.05) is 0 Å². The first kappa shape index (κ1) is 17.0.